The highest BCUT2D eigenvalue weighted by Crippen LogP contribution is 2.26. The van der Waals surface area contributed by atoms with Crippen LogP contribution < -0.4 is 11.1 Å². The van der Waals surface area contributed by atoms with Crippen molar-refractivity contribution in [1.82, 2.24) is 15.0 Å². The molecule has 0 amide bonds. The van der Waals surface area contributed by atoms with Crippen LogP contribution in [0.3, 0.4) is 0 Å². The van der Waals surface area contributed by atoms with Crippen molar-refractivity contribution in [1.29, 1.82) is 0 Å². The number of aromatic nitrogens is 3. The lowest BCUT2D eigenvalue weighted by Crippen LogP contribution is -2.02. The van der Waals surface area contributed by atoms with Gasteiger partial charge in [-0.25, -0.2) is 4.98 Å². The van der Waals surface area contributed by atoms with E-state index in [4.69, 9.17) is 5.73 Å². The Morgan fingerprint density at radius 2 is 1.81 bits per heavy atom. The molecule has 0 fully saturated rings. The van der Waals surface area contributed by atoms with Gasteiger partial charge >= 0.3 is 0 Å². The molecule has 0 unspecified atom stereocenters. The normalized spacial score (nSPS) is 10.8. The third kappa shape index (κ3) is 2.38. The Bertz CT molecular complexity index is 826. The van der Waals surface area contributed by atoms with Gasteiger partial charge in [-0.05, 0) is 37.6 Å². The van der Waals surface area contributed by atoms with Gasteiger partial charge < -0.3 is 11.1 Å². The Labute approximate surface area is 123 Å². The molecule has 0 saturated heterocycles. The molecule has 1 aromatic carbocycles. The van der Waals surface area contributed by atoms with Crippen molar-refractivity contribution >= 4 is 22.8 Å². The monoisotopic (exact) mass is 279 g/mol. The second-order valence-corrected chi connectivity index (χ2v) is 5.07. The van der Waals surface area contributed by atoms with E-state index >= 15 is 0 Å². The van der Waals surface area contributed by atoms with Gasteiger partial charge in [0.25, 0.3) is 0 Å². The average Bonchev–Trinajstić information content (AvgIpc) is 2.48. The Kier molecular flexibility index (Phi) is 3.17. The molecule has 3 aromatic rings. The maximum Gasteiger partial charge on any atom is 0.224 e. The number of nitrogens with zero attached hydrogens (tertiary/aromatic N) is 3. The fourth-order valence-corrected chi connectivity index (χ4v) is 2.38. The van der Waals surface area contributed by atoms with Crippen LogP contribution in [-0.4, -0.2) is 22.0 Å². The number of hydrogen-bond donors (Lipinski definition) is 2. The number of nitrogen functional groups attached to an aromatic ring is 1. The topological polar surface area (TPSA) is 76.7 Å². The SMILES string of the molecule is CNc1nc(N)nc2nc(-c3cc(C)ccc3C)ccc12. The van der Waals surface area contributed by atoms with Gasteiger partial charge in [0.2, 0.25) is 5.95 Å². The summed E-state index contributed by atoms with van der Waals surface area (Å²) in [5, 5.41) is 3.88. The first-order valence-electron chi connectivity index (χ1n) is 6.78. The van der Waals surface area contributed by atoms with Gasteiger partial charge in [0, 0.05) is 12.6 Å². The molecule has 0 aliphatic rings. The van der Waals surface area contributed by atoms with Gasteiger partial charge in [-0.15, -0.1) is 0 Å². The standard InChI is InChI=1S/C16H17N5/c1-9-4-5-10(2)12(8-9)13-7-6-11-14(18-3)20-16(17)21-15(11)19-13/h4-8H,1-3H3,(H3,17,18,19,20,21). The van der Waals surface area contributed by atoms with Crippen LogP contribution in [0.2, 0.25) is 0 Å². The summed E-state index contributed by atoms with van der Waals surface area (Å²) >= 11 is 0. The number of nitrogens with one attached hydrogen (secondary N) is 1. The average molecular weight is 279 g/mol. The number of rotatable bonds is 2. The van der Waals surface area contributed by atoms with E-state index in [9.17, 15) is 0 Å². The predicted molar refractivity (Wildman–Crippen MR) is 86.2 cm³/mol. The maximum absolute atomic E-state index is 5.74. The third-order valence-corrected chi connectivity index (χ3v) is 3.48. The van der Waals surface area contributed by atoms with Crippen molar-refractivity contribution in [2.75, 3.05) is 18.1 Å². The Balaban J connectivity index is 2.24. The van der Waals surface area contributed by atoms with Crippen molar-refractivity contribution in [3.63, 3.8) is 0 Å². The fraction of sp³-hybridized carbons (Fsp3) is 0.188. The van der Waals surface area contributed by atoms with E-state index in [0.29, 0.717) is 11.5 Å². The quantitative estimate of drug-likeness (QED) is 0.754. The van der Waals surface area contributed by atoms with Crippen LogP contribution in [0.5, 0.6) is 0 Å². The Morgan fingerprint density at radius 1 is 1.00 bits per heavy atom. The van der Waals surface area contributed by atoms with Crippen molar-refractivity contribution in [3.05, 3.63) is 41.5 Å². The molecule has 0 aliphatic heterocycles. The second-order valence-electron chi connectivity index (χ2n) is 5.07. The van der Waals surface area contributed by atoms with Crippen molar-refractivity contribution in [3.8, 4) is 11.3 Å². The van der Waals surface area contributed by atoms with E-state index < -0.39 is 0 Å². The molecule has 0 atom stereocenters. The van der Waals surface area contributed by atoms with Gasteiger partial charge in [0.1, 0.15) is 5.82 Å². The molecule has 0 saturated carbocycles. The van der Waals surface area contributed by atoms with Crippen LogP contribution in [0.25, 0.3) is 22.3 Å². The molecule has 3 rings (SSSR count). The van der Waals surface area contributed by atoms with Gasteiger partial charge in [0.15, 0.2) is 5.65 Å². The summed E-state index contributed by atoms with van der Waals surface area (Å²) in [5.74, 6) is 0.912. The zero-order chi connectivity index (χ0) is 15.0. The predicted octanol–water partition coefficient (Wildman–Crippen LogP) is 2.93. The Hall–Kier alpha value is -2.69. The summed E-state index contributed by atoms with van der Waals surface area (Å²) in [4.78, 5) is 13.1. The maximum atomic E-state index is 5.74. The summed E-state index contributed by atoms with van der Waals surface area (Å²) in [6.45, 7) is 4.15. The van der Waals surface area contributed by atoms with Crippen LogP contribution in [0, 0.1) is 13.8 Å². The number of fused-ring (bicyclic) bond motifs is 1. The van der Waals surface area contributed by atoms with Crippen LogP contribution in [0.4, 0.5) is 11.8 Å². The Morgan fingerprint density at radius 3 is 2.57 bits per heavy atom. The van der Waals surface area contributed by atoms with E-state index in [0.717, 1.165) is 16.6 Å². The largest absolute Gasteiger partial charge is 0.372 e. The summed E-state index contributed by atoms with van der Waals surface area (Å²) in [6, 6.07) is 10.3. The number of hydrogen-bond acceptors (Lipinski definition) is 5. The summed E-state index contributed by atoms with van der Waals surface area (Å²) < 4.78 is 0. The lowest BCUT2D eigenvalue weighted by atomic mass is 10.0. The van der Waals surface area contributed by atoms with Crippen molar-refractivity contribution < 1.29 is 0 Å². The van der Waals surface area contributed by atoms with E-state index in [1.165, 1.54) is 11.1 Å². The zero-order valence-corrected chi connectivity index (χ0v) is 12.3. The van der Waals surface area contributed by atoms with E-state index in [-0.39, 0.29) is 5.95 Å². The minimum Gasteiger partial charge on any atom is -0.372 e. The second kappa shape index (κ2) is 5.01. The van der Waals surface area contributed by atoms with Crippen LogP contribution in [0.15, 0.2) is 30.3 Å². The minimum absolute atomic E-state index is 0.220. The molecule has 2 heterocycles. The first kappa shape index (κ1) is 13.3. The molecule has 21 heavy (non-hydrogen) atoms. The highest BCUT2D eigenvalue weighted by atomic mass is 15.1. The molecular weight excluding hydrogens is 262 g/mol. The van der Waals surface area contributed by atoms with Crippen LogP contribution in [-0.2, 0) is 0 Å². The van der Waals surface area contributed by atoms with Gasteiger partial charge in [-0.1, -0.05) is 17.7 Å². The third-order valence-electron chi connectivity index (χ3n) is 3.48. The molecule has 0 bridgehead atoms. The first-order valence-corrected chi connectivity index (χ1v) is 6.78. The molecule has 0 aliphatic carbocycles. The smallest absolute Gasteiger partial charge is 0.224 e. The number of benzene rings is 1. The fourth-order valence-electron chi connectivity index (χ4n) is 2.38. The van der Waals surface area contributed by atoms with E-state index in [2.05, 4.69) is 52.3 Å². The number of pyridine rings is 1. The van der Waals surface area contributed by atoms with E-state index in [1.54, 1.807) is 7.05 Å². The number of anilines is 2. The number of nitrogens with two attached hydrogens (primary N) is 1. The molecule has 5 heteroatoms. The van der Waals surface area contributed by atoms with Crippen molar-refractivity contribution in [2.24, 2.45) is 0 Å². The lowest BCUT2D eigenvalue weighted by molar-refractivity contribution is 1.19. The number of aryl methyl sites for hydroxylation is 2. The molecule has 0 spiro atoms. The summed E-state index contributed by atoms with van der Waals surface area (Å²) in [5.41, 5.74) is 10.7. The van der Waals surface area contributed by atoms with Gasteiger partial charge in [-0.2, -0.15) is 9.97 Å². The molecule has 3 N–H and O–H groups in total. The highest BCUT2D eigenvalue weighted by molar-refractivity contribution is 5.89. The van der Waals surface area contributed by atoms with Crippen LogP contribution >= 0.6 is 0 Å². The lowest BCUT2D eigenvalue weighted by Gasteiger charge is -2.09. The zero-order valence-electron chi connectivity index (χ0n) is 12.3. The molecule has 0 radical (unpaired) electrons. The molecule has 5 nitrogen and oxygen atoms in total. The first-order chi connectivity index (χ1) is 10.1. The van der Waals surface area contributed by atoms with Gasteiger partial charge in [-0.3, -0.25) is 0 Å². The van der Waals surface area contributed by atoms with Crippen LogP contribution in [0.1, 0.15) is 11.1 Å². The molecule has 2 aromatic heterocycles. The highest BCUT2D eigenvalue weighted by Gasteiger charge is 2.09. The minimum atomic E-state index is 0.220. The van der Waals surface area contributed by atoms with E-state index in [1.807, 2.05) is 12.1 Å². The molecule has 106 valence electrons. The van der Waals surface area contributed by atoms with Gasteiger partial charge in [0.05, 0.1) is 11.1 Å². The van der Waals surface area contributed by atoms with Crippen molar-refractivity contribution in [2.45, 2.75) is 13.8 Å². The summed E-state index contributed by atoms with van der Waals surface area (Å²) in [6.07, 6.45) is 0. The summed E-state index contributed by atoms with van der Waals surface area (Å²) in [7, 11) is 1.81. The molecular formula is C16H17N5.